The minimum atomic E-state index is -4.34. The third-order valence-electron chi connectivity index (χ3n) is 9.87. The van der Waals surface area contributed by atoms with Gasteiger partial charge in [-0.15, -0.1) is 10.2 Å². The van der Waals surface area contributed by atoms with Crippen LogP contribution in [0.1, 0.15) is 51.0 Å². The monoisotopic (exact) mass is 764 g/mol. The summed E-state index contributed by atoms with van der Waals surface area (Å²) in [4.78, 5) is 21.0. The van der Waals surface area contributed by atoms with Gasteiger partial charge < -0.3 is 19.3 Å². The Bertz CT molecular complexity index is 1910. The third kappa shape index (κ3) is 7.42. The molecule has 0 radical (unpaired) electrons. The number of nitrogens with zero attached hydrogens (tertiary/aromatic N) is 8. The van der Waals surface area contributed by atoms with Crippen LogP contribution in [0.4, 0.5) is 14.5 Å². The highest BCUT2D eigenvalue weighted by atomic mass is 32.2. The van der Waals surface area contributed by atoms with Crippen molar-refractivity contribution in [3.05, 3.63) is 28.6 Å². The number of hydrogen-bond donors (Lipinski definition) is 0. The van der Waals surface area contributed by atoms with Gasteiger partial charge >= 0.3 is 5.66 Å². The van der Waals surface area contributed by atoms with Crippen LogP contribution in [-0.2, 0) is 30.8 Å². The van der Waals surface area contributed by atoms with Crippen molar-refractivity contribution in [1.82, 2.24) is 29.2 Å². The lowest BCUT2D eigenvalue weighted by Gasteiger charge is -2.43. The first-order valence-corrected chi connectivity index (χ1v) is 23.3. The number of carbonyl (C=O) groups excluding carboxylic acids is 1. The molecule has 3 fully saturated rings. The molecule has 18 heteroatoms. The topological polar surface area (TPSA) is 127 Å². The van der Waals surface area contributed by atoms with E-state index < -0.39 is 35.2 Å². The van der Waals surface area contributed by atoms with Gasteiger partial charge in [-0.2, -0.15) is 5.10 Å². The molecule has 2 aliphatic heterocycles. The summed E-state index contributed by atoms with van der Waals surface area (Å²) in [5, 5.41) is 12.8. The summed E-state index contributed by atoms with van der Waals surface area (Å²) in [7, 11) is -4.27. The van der Waals surface area contributed by atoms with Gasteiger partial charge in [-0.1, -0.05) is 49.1 Å². The summed E-state index contributed by atoms with van der Waals surface area (Å²) in [5.74, 6) is -0.0560. The minimum absolute atomic E-state index is 0.0612. The maximum atomic E-state index is 14.8. The molecule has 3 aliphatic rings. The van der Waals surface area contributed by atoms with Gasteiger partial charge in [-0.3, -0.25) is 14.3 Å². The predicted octanol–water partition coefficient (Wildman–Crippen LogP) is 5.69. The lowest BCUT2D eigenvalue weighted by Crippen LogP contribution is -2.56. The number of aromatic nitrogens is 4. The van der Waals surface area contributed by atoms with Crippen molar-refractivity contribution in [3.63, 3.8) is 0 Å². The van der Waals surface area contributed by atoms with Crippen LogP contribution in [0.15, 0.2) is 17.0 Å². The Morgan fingerprint density at radius 3 is 2.39 bits per heavy atom. The van der Waals surface area contributed by atoms with E-state index in [1.54, 1.807) is 10.7 Å². The molecule has 2 unspecified atom stereocenters. The number of ether oxygens (including phenoxy) is 2. The van der Waals surface area contributed by atoms with Crippen LogP contribution in [0.2, 0.25) is 25.7 Å². The van der Waals surface area contributed by atoms with Crippen molar-refractivity contribution in [1.29, 1.82) is 0 Å². The van der Waals surface area contributed by atoms with E-state index in [0.717, 1.165) is 30.2 Å². The number of hydrogen-bond acceptors (Lipinski definition) is 10. The van der Waals surface area contributed by atoms with Gasteiger partial charge in [-0.25, -0.2) is 23.8 Å². The number of sulfonamides is 1. The second-order valence-corrected chi connectivity index (χ2v) is 23.6. The van der Waals surface area contributed by atoms with Gasteiger partial charge in [0.25, 0.3) is 16.4 Å². The molecule has 13 nitrogen and oxygen atoms in total. The zero-order valence-electron chi connectivity index (χ0n) is 29.9. The molecule has 278 valence electrons. The van der Waals surface area contributed by atoms with E-state index in [-0.39, 0.29) is 53.7 Å². The summed E-state index contributed by atoms with van der Waals surface area (Å²) in [6.07, 6.45) is -0.406. The van der Waals surface area contributed by atoms with E-state index in [9.17, 15) is 22.0 Å². The van der Waals surface area contributed by atoms with E-state index in [2.05, 4.69) is 39.6 Å². The fraction of sp³-hybridized carbons (Fsp3) is 0.667. The Hall–Kier alpha value is -3.08. The lowest BCUT2D eigenvalue weighted by atomic mass is 10.1. The third-order valence-corrected chi connectivity index (χ3v) is 14.4. The Labute approximate surface area is 302 Å². The largest absolute Gasteiger partial charge is 0.383 e. The molecule has 2 aromatic heterocycles. The number of piperazine rings is 1. The normalized spacial score (nSPS) is 20.3. The number of carbonyl (C=O) groups is 1. The second kappa shape index (κ2) is 14.4. The van der Waals surface area contributed by atoms with Crippen LogP contribution < -0.4 is 4.90 Å². The van der Waals surface area contributed by atoms with Crippen molar-refractivity contribution < 1.29 is 31.5 Å². The summed E-state index contributed by atoms with van der Waals surface area (Å²) in [5.41, 5.74) is 0.126. The number of amides is 1. The van der Waals surface area contributed by atoms with E-state index in [0.29, 0.717) is 54.8 Å². The molecule has 1 aromatic carbocycles. The number of benzene rings is 1. The van der Waals surface area contributed by atoms with Crippen LogP contribution in [0, 0.1) is 12.5 Å². The molecule has 0 spiro atoms. The van der Waals surface area contributed by atoms with Gasteiger partial charge in [0, 0.05) is 58.3 Å². The van der Waals surface area contributed by atoms with E-state index in [4.69, 9.17) is 21.1 Å². The molecule has 2 bridgehead atoms. The predicted molar refractivity (Wildman–Crippen MR) is 193 cm³/mol. The Kier molecular flexibility index (Phi) is 10.6. The number of methoxy groups -OCH3 is 1. The van der Waals surface area contributed by atoms with Crippen LogP contribution in [-0.4, -0.2) is 109 Å². The van der Waals surface area contributed by atoms with Gasteiger partial charge in [0.1, 0.15) is 17.9 Å². The smallest absolute Gasteiger partial charge is 0.303 e. The van der Waals surface area contributed by atoms with E-state index in [1.807, 2.05) is 18.7 Å². The van der Waals surface area contributed by atoms with Crippen LogP contribution >= 0.6 is 11.3 Å². The first-order chi connectivity index (χ1) is 24.1. The molecule has 1 saturated carbocycles. The molecular weight excluding hydrogens is 719 g/mol. The fourth-order valence-corrected chi connectivity index (χ4v) is 10.1. The first-order valence-electron chi connectivity index (χ1n) is 17.3. The summed E-state index contributed by atoms with van der Waals surface area (Å²) in [6.45, 7) is 19.9. The van der Waals surface area contributed by atoms with Crippen LogP contribution in [0.3, 0.4) is 0 Å². The van der Waals surface area contributed by atoms with Gasteiger partial charge in [-0.05, 0) is 31.0 Å². The van der Waals surface area contributed by atoms with Crippen molar-refractivity contribution in [2.75, 3.05) is 45.0 Å². The number of alkyl halides is 2. The molecule has 0 N–H and O–H groups in total. The SMILES string of the molecule is [C-]#[N+]C1(N(COCC[Si](C)(C)C)S(=O)(=O)c2cc(N3CC4CCC(C3)N4C(=O)C(C)C)c3nn(CCOC)c(-c4nnc(C(F)F)s4)c3c2)CC1. The number of fused-ring (bicyclic) bond motifs is 3. The van der Waals surface area contributed by atoms with Crippen molar-refractivity contribution in [2.24, 2.45) is 5.92 Å². The highest BCUT2D eigenvalue weighted by Gasteiger charge is 2.61. The molecule has 1 amide bonds. The zero-order valence-corrected chi connectivity index (χ0v) is 32.6. The zero-order chi connectivity index (χ0) is 36.9. The molecule has 6 rings (SSSR count). The summed E-state index contributed by atoms with van der Waals surface area (Å²) < 4.78 is 71.1. The van der Waals surface area contributed by atoms with Crippen LogP contribution in [0.5, 0.6) is 0 Å². The number of anilines is 1. The Morgan fingerprint density at radius 1 is 1.16 bits per heavy atom. The Morgan fingerprint density at radius 2 is 1.84 bits per heavy atom. The average Bonchev–Trinajstić information content (AvgIpc) is 3.40. The van der Waals surface area contributed by atoms with Gasteiger partial charge in [0.05, 0.1) is 36.6 Å². The van der Waals surface area contributed by atoms with Gasteiger partial charge in [0.2, 0.25) is 5.91 Å². The summed E-state index contributed by atoms with van der Waals surface area (Å²) in [6, 6.07) is 3.82. The number of halogens is 2. The van der Waals surface area contributed by atoms with Crippen molar-refractivity contribution in [3.8, 4) is 10.7 Å². The Balaban J connectivity index is 1.50. The lowest BCUT2D eigenvalue weighted by molar-refractivity contribution is -0.137. The maximum Gasteiger partial charge on any atom is 0.303 e. The molecule has 3 aromatic rings. The fourth-order valence-electron chi connectivity index (χ4n) is 6.92. The first kappa shape index (κ1) is 37.7. The molecule has 2 atom stereocenters. The quantitative estimate of drug-likeness (QED) is 0.0831. The van der Waals surface area contributed by atoms with Crippen LogP contribution in [0.25, 0.3) is 26.4 Å². The number of rotatable bonds is 15. The minimum Gasteiger partial charge on any atom is -0.383 e. The van der Waals surface area contributed by atoms with Crippen molar-refractivity contribution in [2.45, 2.75) is 101 Å². The summed E-state index contributed by atoms with van der Waals surface area (Å²) >= 11 is 0.725. The molecule has 2 saturated heterocycles. The maximum absolute atomic E-state index is 14.8. The molecule has 1 aliphatic carbocycles. The van der Waals surface area contributed by atoms with E-state index >= 15 is 0 Å². The molecule has 51 heavy (non-hydrogen) atoms. The standard InChI is InChI=1S/C33H46F2N8O5S2Si/c1-21(2)32(44)43-22-8-9-23(43)19-40(18-22)26-17-24(50(45,46)42(33(36-3)10-11-33)20-48-14-15-51(5,6)7)16-25-27(26)39-41(12-13-47-4)28(25)30-37-38-31(49-30)29(34)35/h16-17,21-23,29H,8-15,18-20H2,1-2,4-7H3. The average molecular weight is 765 g/mol. The molecular formula is C33H46F2N8O5S2Si. The molecule has 4 heterocycles. The van der Waals surface area contributed by atoms with Crippen molar-refractivity contribution >= 4 is 51.9 Å². The second-order valence-electron chi connectivity index (χ2n) is 15.1. The van der Waals surface area contributed by atoms with E-state index in [1.165, 1.54) is 17.5 Å². The highest BCUT2D eigenvalue weighted by molar-refractivity contribution is 7.89. The van der Waals surface area contributed by atoms with Gasteiger partial charge in [0.15, 0.2) is 10.0 Å². The highest BCUT2D eigenvalue weighted by Crippen LogP contribution is 2.47.